The van der Waals surface area contributed by atoms with Gasteiger partial charge in [-0.1, -0.05) is 18.2 Å². The molecule has 9 heteroatoms. The Morgan fingerprint density at radius 1 is 1.12 bits per heavy atom. The highest BCUT2D eigenvalue weighted by molar-refractivity contribution is 7.80. The van der Waals surface area contributed by atoms with Gasteiger partial charge >= 0.3 is 0 Å². The lowest BCUT2D eigenvalue weighted by Crippen LogP contribution is -2.45. The Hall–Kier alpha value is -3.20. The Morgan fingerprint density at radius 3 is 2.31 bits per heavy atom. The molecule has 136 valence electrons. The molecule has 0 bridgehead atoms. The summed E-state index contributed by atoms with van der Waals surface area (Å²) in [6, 6.07) is 11.4. The molecular formula is C17H18N4O4S. The summed E-state index contributed by atoms with van der Waals surface area (Å²) in [7, 11) is 0. The molecule has 2 aromatic carbocycles. The number of ether oxygens (including phenoxy) is 1. The number of rotatable bonds is 5. The van der Waals surface area contributed by atoms with Gasteiger partial charge in [0.25, 0.3) is 11.6 Å². The number of nitrogens with zero attached hydrogens (tertiary/aromatic N) is 1. The third-order valence-electron chi connectivity index (χ3n) is 3.41. The number of hydrogen-bond donors (Lipinski definition) is 3. The number of nitro benzene ring substituents is 1. The first kappa shape index (κ1) is 19.1. The second kappa shape index (κ2) is 8.77. The van der Waals surface area contributed by atoms with E-state index >= 15 is 0 Å². The lowest BCUT2D eigenvalue weighted by Gasteiger charge is -2.14. The number of anilines is 1. The van der Waals surface area contributed by atoms with Crippen LogP contribution in [0, 0.1) is 24.0 Å². The molecule has 0 saturated carbocycles. The zero-order valence-electron chi connectivity index (χ0n) is 14.2. The van der Waals surface area contributed by atoms with E-state index in [1.165, 1.54) is 24.3 Å². The molecule has 2 aromatic rings. The second-order valence-electron chi connectivity index (χ2n) is 5.44. The first-order valence-electron chi connectivity index (χ1n) is 7.66. The molecule has 26 heavy (non-hydrogen) atoms. The van der Waals surface area contributed by atoms with Crippen molar-refractivity contribution in [2.45, 2.75) is 13.8 Å². The fourth-order valence-corrected chi connectivity index (χ4v) is 2.32. The number of hydrogen-bond acceptors (Lipinski definition) is 5. The largest absolute Gasteiger partial charge is 0.483 e. The van der Waals surface area contributed by atoms with Gasteiger partial charge in [-0.25, -0.2) is 0 Å². The van der Waals surface area contributed by atoms with Gasteiger partial charge in [0.1, 0.15) is 5.75 Å². The first-order valence-corrected chi connectivity index (χ1v) is 8.07. The van der Waals surface area contributed by atoms with Crippen LogP contribution in [0.1, 0.15) is 11.1 Å². The van der Waals surface area contributed by atoms with Gasteiger partial charge in [0.15, 0.2) is 11.7 Å². The predicted molar refractivity (Wildman–Crippen MR) is 102 cm³/mol. The molecular weight excluding hydrogens is 356 g/mol. The van der Waals surface area contributed by atoms with Crippen LogP contribution in [0.25, 0.3) is 0 Å². The first-order chi connectivity index (χ1) is 12.4. The van der Waals surface area contributed by atoms with Crippen molar-refractivity contribution in [3.05, 3.63) is 63.7 Å². The summed E-state index contributed by atoms with van der Waals surface area (Å²) < 4.78 is 5.54. The average molecular weight is 374 g/mol. The molecule has 0 radical (unpaired) electrons. The number of aryl methyl sites for hydroxylation is 2. The molecule has 0 aliphatic carbocycles. The molecule has 0 unspecified atom stereocenters. The molecule has 1 amide bonds. The zero-order chi connectivity index (χ0) is 19.1. The van der Waals surface area contributed by atoms with Crippen LogP contribution in [0.3, 0.4) is 0 Å². The van der Waals surface area contributed by atoms with Crippen molar-refractivity contribution in [3.8, 4) is 5.75 Å². The standard InChI is InChI=1S/C17H18N4O4S/c1-11-4-3-5-12(2)16(11)25-10-15(22)19-20-17(26)18-13-6-8-14(9-7-13)21(23)24/h3-9H,10H2,1-2H3,(H,19,22)(H2,18,20,26). The molecule has 3 N–H and O–H groups in total. The van der Waals surface area contributed by atoms with Gasteiger partial charge in [0, 0.05) is 17.8 Å². The minimum Gasteiger partial charge on any atom is -0.483 e. The SMILES string of the molecule is Cc1cccc(C)c1OCC(=O)NNC(=S)Nc1ccc([N+](=O)[O-])cc1. The number of carbonyl (C=O) groups is 1. The van der Waals surface area contributed by atoms with Gasteiger partial charge in [-0.05, 0) is 49.3 Å². The molecule has 8 nitrogen and oxygen atoms in total. The van der Waals surface area contributed by atoms with E-state index < -0.39 is 10.8 Å². The van der Waals surface area contributed by atoms with E-state index in [1.54, 1.807) is 0 Å². The van der Waals surface area contributed by atoms with Crippen LogP contribution in [-0.2, 0) is 4.79 Å². The van der Waals surface area contributed by atoms with E-state index in [0.717, 1.165) is 11.1 Å². The molecule has 0 heterocycles. The third kappa shape index (κ3) is 5.42. The highest BCUT2D eigenvalue weighted by Crippen LogP contribution is 2.22. The summed E-state index contributed by atoms with van der Waals surface area (Å²) >= 11 is 5.05. The molecule has 0 spiro atoms. The van der Waals surface area contributed by atoms with Crippen molar-refractivity contribution in [3.63, 3.8) is 0 Å². The molecule has 2 rings (SSSR count). The van der Waals surface area contributed by atoms with Crippen LogP contribution in [0.2, 0.25) is 0 Å². The Morgan fingerprint density at radius 2 is 1.73 bits per heavy atom. The lowest BCUT2D eigenvalue weighted by molar-refractivity contribution is -0.384. The van der Waals surface area contributed by atoms with Gasteiger partial charge in [-0.15, -0.1) is 0 Å². The summed E-state index contributed by atoms with van der Waals surface area (Å²) in [5.74, 6) is 0.273. The maximum Gasteiger partial charge on any atom is 0.276 e. The van der Waals surface area contributed by atoms with E-state index in [0.29, 0.717) is 11.4 Å². The zero-order valence-corrected chi connectivity index (χ0v) is 15.1. The number of carbonyl (C=O) groups excluding carboxylic acids is 1. The van der Waals surface area contributed by atoms with Gasteiger partial charge in [0.05, 0.1) is 4.92 Å². The molecule has 0 aromatic heterocycles. The van der Waals surface area contributed by atoms with Gasteiger partial charge in [-0.2, -0.15) is 0 Å². The number of non-ortho nitro benzene ring substituents is 1. The number of benzene rings is 2. The topological polar surface area (TPSA) is 106 Å². The smallest absolute Gasteiger partial charge is 0.276 e. The van der Waals surface area contributed by atoms with Crippen LogP contribution >= 0.6 is 12.2 Å². The third-order valence-corrected chi connectivity index (χ3v) is 3.61. The summed E-state index contributed by atoms with van der Waals surface area (Å²) in [4.78, 5) is 22.0. The maximum atomic E-state index is 11.9. The van der Waals surface area contributed by atoms with E-state index in [4.69, 9.17) is 17.0 Å². The van der Waals surface area contributed by atoms with Gasteiger partial charge < -0.3 is 10.1 Å². The molecule has 0 atom stereocenters. The summed E-state index contributed by atoms with van der Waals surface area (Å²) in [6.45, 7) is 3.64. The molecule has 0 fully saturated rings. The number of hydrazine groups is 1. The van der Waals surface area contributed by atoms with Crippen molar-refractivity contribution in [2.75, 3.05) is 11.9 Å². The van der Waals surface area contributed by atoms with Gasteiger partial charge in [0.2, 0.25) is 0 Å². The number of amides is 1. The van der Waals surface area contributed by atoms with Crippen LogP contribution in [0.4, 0.5) is 11.4 Å². The van der Waals surface area contributed by atoms with Crippen LogP contribution in [0.5, 0.6) is 5.75 Å². The maximum absolute atomic E-state index is 11.9. The van der Waals surface area contributed by atoms with E-state index in [9.17, 15) is 14.9 Å². The number of thiocarbonyl (C=S) groups is 1. The summed E-state index contributed by atoms with van der Waals surface area (Å²) in [6.07, 6.45) is 0. The quantitative estimate of drug-likeness (QED) is 0.420. The van der Waals surface area contributed by atoms with Crippen molar-refractivity contribution in [1.82, 2.24) is 10.9 Å². The van der Waals surface area contributed by atoms with Gasteiger partial charge in [-0.3, -0.25) is 25.8 Å². The van der Waals surface area contributed by atoms with Crippen molar-refractivity contribution in [2.24, 2.45) is 0 Å². The van der Waals surface area contributed by atoms with Crippen LogP contribution in [0.15, 0.2) is 42.5 Å². The minimum atomic E-state index is -0.489. The average Bonchev–Trinajstić information content (AvgIpc) is 2.60. The Labute approximate surface area is 155 Å². The highest BCUT2D eigenvalue weighted by atomic mass is 32.1. The molecule has 0 aliphatic rings. The van der Waals surface area contributed by atoms with E-state index in [1.807, 2.05) is 32.0 Å². The van der Waals surface area contributed by atoms with Crippen molar-refractivity contribution >= 4 is 34.6 Å². The molecule has 0 saturated heterocycles. The summed E-state index contributed by atoms with van der Waals surface area (Å²) in [5, 5.41) is 13.5. The van der Waals surface area contributed by atoms with Crippen LogP contribution < -0.4 is 20.9 Å². The van der Waals surface area contributed by atoms with Crippen molar-refractivity contribution < 1.29 is 14.5 Å². The van der Waals surface area contributed by atoms with Crippen LogP contribution in [-0.4, -0.2) is 22.5 Å². The normalized spacial score (nSPS) is 9.92. The van der Waals surface area contributed by atoms with E-state index in [-0.39, 0.29) is 17.4 Å². The lowest BCUT2D eigenvalue weighted by atomic mass is 10.1. The number of nitro groups is 1. The van der Waals surface area contributed by atoms with Crippen molar-refractivity contribution in [1.29, 1.82) is 0 Å². The minimum absolute atomic E-state index is 0.0219. The summed E-state index contributed by atoms with van der Waals surface area (Å²) in [5.41, 5.74) is 7.38. The Kier molecular flexibility index (Phi) is 6.45. The fourth-order valence-electron chi connectivity index (χ4n) is 2.16. The monoisotopic (exact) mass is 374 g/mol. The predicted octanol–water partition coefficient (Wildman–Crippen LogP) is 2.61. The number of nitrogens with one attached hydrogen (secondary N) is 3. The van der Waals surface area contributed by atoms with E-state index in [2.05, 4.69) is 16.2 Å². The Bertz CT molecular complexity index is 804. The fraction of sp³-hybridized carbons (Fsp3) is 0.176. The second-order valence-corrected chi connectivity index (χ2v) is 5.85. The molecule has 0 aliphatic heterocycles. The number of para-hydroxylation sites is 1. The highest BCUT2D eigenvalue weighted by Gasteiger charge is 2.08. The Balaban J connectivity index is 1.78.